The molecular formula is C25H31N3O5. The van der Waals surface area contributed by atoms with Crippen LogP contribution in [0.3, 0.4) is 0 Å². The quantitative estimate of drug-likeness (QED) is 0.724. The molecule has 2 aliphatic heterocycles. The van der Waals surface area contributed by atoms with Crippen molar-refractivity contribution in [2.75, 3.05) is 63.8 Å². The number of carbonyl (C=O) groups is 2. The van der Waals surface area contributed by atoms with E-state index in [9.17, 15) is 9.59 Å². The topological polar surface area (TPSA) is 80.3 Å². The molecule has 2 heterocycles. The number of nitrogens with one attached hydrogen (secondary N) is 1. The average molecular weight is 454 g/mol. The fourth-order valence-electron chi connectivity index (χ4n) is 4.35. The molecular weight excluding hydrogens is 422 g/mol. The minimum Gasteiger partial charge on any atom is -0.497 e. The first-order valence-corrected chi connectivity index (χ1v) is 11.3. The minimum absolute atomic E-state index is 0.00542. The molecule has 0 bridgehead atoms. The van der Waals surface area contributed by atoms with Crippen LogP contribution in [-0.4, -0.2) is 70.3 Å². The largest absolute Gasteiger partial charge is 0.497 e. The van der Waals surface area contributed by atoms with Crippen LogP contribution in [0, 0.1) is 5.92 Å². The van der Waals surface area contributed by atoms with Crippen LogP contribution in [0.25, 0.3) is 0 Å². The van der Waals surface area contributed by atoms with Crippen LogP contribution in [0.1, 0.15) is 23.2 Å². The normalized spacial score (nSPS) is 16.9. The summed E-state index contributed by atoms with van der Waals surface area (Å²) in [4.78, 5) is 30.1. The number of morpholine rings is 1. The van der Waals surface area contributed by atoms with Gasteiger partial charge in [-0.05, 0) is 37.1 Å². The van der Waals surface area contributed by atoms with E-state index in [0.29, 0.717) is 56.2 Å². The maximum Gasteiger partial charge on any atom is 0.254 e. The summed E-state index contributed by atoms with van der Waals surface area (Å²) >= 11 is 0. The molecule has 2 saturated heterocycles. The second-order valence-corrected chi connectivity index (χ2v) is 8.27. The van der Waals surface area contributed by atoms with Crippen LogP contribution in [-0.2, 0) is 9.53 Å². The van der Waals surface area contributed by atoms with Crippen LogP contribution in [0.4, 0.5) is 11.4 Å². The van der Waals surface area contributed by atoms with Crippen molar-refractivity contribution in [1.82, 2.24) is 4.90 Å². The highest BCUT2D eigenvalue weighted by atomic mass is 16.5. The number of methoxy groups -OCH3 is 2. The van der Waals surface area contributed by atoms with Crippen molar-refractivity contribution in [2.24, 2.45) is 5.92 Å². The van der Waals surface area contributed by atoms with Gasteiger partial charge in [-0.2, -0.15) is 0 Å². The third-order valence-electron chi connectivity index (χ3n) is 6.27. The van der Waals surface area contributed by atoms with Crippen LogP contribution in [0.15, 0.2) is 42.5 Å². The molecule has 4 rings (SSSR count). The van der Waals surface area contributed by atoms with Gasteiger partial charge in [0.2, 0.25) is 5.91 Å². The van der Waals surface area contributed by atoms with Crippen LogP contribution in [0.2, 0.25) is 0 Å². The number of carbonyl (C=O) groups excluding carboxylic acids is 2. The van der Waals surface area contributed by atoms with E-state index >= 15 is 0 Å². The molecule has 0 aromatic heterocycles. The molecule has 0 spiro atoms. The molecule has 0 unspecified atom stereocenters. The van der Waals surface area contributed by atoms with Gasteiger partial charge in [0.05, 0.1) is 38.8 Å². The molecule has 2 aromatic rings. The molecule has 0 aliphatic carbocycles. The van der Waals surface area contributed by atoms with Crippen molar-refractivity contribution in [2.45, 2.75) is 12.8 Å². The zero-order chi connectivity index (χ0) is 23.2. The smallest absolute Gasteiger partial charge is 0.254 e. The molecule has 176 valence electrons. The third-order valence-corrected chi connectivity index (χ3v) is 6.27. The van der Waals surface area contributed by atoms with Gasteiger partial charge in [-0.15, -0.1) is 0 Å². The summed E-state index contributed by atoms with van der Waals surface area (Å²) in [5.41, 5.74) is 2.37. The van der Waals surface area contributed by atoms with Crippen LogP contribution >= 0.6 is 0 Å². The number of amides is 2. The van der Waals surface area contributed by atoms with Crippen LogP contribution in [0.5, 0.6) is 11.5 Å². The molecule has 0 atom stereocenters. The Hall–Kier alpha value is -3.26. The van der Waals surface area contributed by atoms with E-state index in [2.05, 4.69) is 10.2 Å². The number of benzene rings is 2. The lowest BCUT2D eigenvalue weighted by molar-refractivity contribution is -0.121. The van der Waals surface area contributed by atoms with E-state index in [-0.39, 0.29) is 17.7 Å². The van der Waals surface area contributed by atoms with E-state index in [1.807, 2.05) is 24.3 Å². The molecule has 2 aromatic carbocycles. The second kappa shape index (κ2) is 10.6. The molecule has 0 saturated carbocycles. The Bertz CT molecular complexity index is 960. The fraction of sp³-hybridized carbons (Fsp3) is 0.440. The highest BCUT2D eigenvalue weighted by molar-refractivity contribution is 5.97. The number of likely N-dealkylation sites (tertiary alicyclic amines) is 1. The molecule has 8 nitrogen and oxygen atoms in total. The maximum atomic E-state index is 13.0. The van der Waals surface area contributed by atoms with Crippen LogP contribution < -0.4 is 19.7 Å². The Morgan fingerprint density at radius 2 is 1.58 bits per heavy atom. The number of ether oxygens (including phenoxy) is 3. The average Bonchev–Trinajstić information content (AvgIpc) is 2.88. The third kappa shape index (κ3) is 5.39. The van der Waals surface area contributed by atoms with Gasteiger partial charge in [0.1, 0.15) is 11.5 Å². The first-order valence-electron chi connectivity index (χ1n) is 11.3. The number of nitrogens with zero attached hydrogens (tertiary/aromatic N) is 2. The summed E-state index contributed by atoms with van der Waals surface area (Å²) in [5.74, 6) is 0.943. The summed E-state index contributed by atoms with van der Waals surface area (Å²) in [5, 5.41) is 3.13. The second-order valence-electron chi connectivity index (χ2n) is 8.27. The van der Waals surface area contributed by atoms with E-state index in [1.54, 1.807) is 37.3 Å². The van der Waals surface area contributed by atoms with Crippen molar-refractivity contribution < 1.29 is 23.8 Å². The van der Waals surface area contributed by atoms with Crippen molar-refractivity contribution in [1.29, 1.82) is 0 Å². The lowest BCUT2D eigenvalue weighted by atomic mass is 9.95. The van der Waals surface area contributed by atoms with Gasteiger partial charge in [-0.25, -0.2) is 0 Å². The fourth-order valence-corrected chi connectivity index (χ4v) is 4.35. The van der Waals surface area contributed by atoms with E-state index in [1.165, 1.54) is 0 Å². The lowest BCUT2D eigenvalue weighted by Crippen LogP contribution is -2.41. The Labute approximate surface area is 194 Å². The summed E-state index contributed by atoms with van der Waals surface area (Å²) in [6.07, 6.45) is 1.25. The monoisotopic (exact) mass is 453 g/mol. The molecule has 1 N–H and O–H groups in total. The van der Waals surface area contributed by atoms with Gasteiger partial charge in [0.15, 0.2) is 0 Å². The lowest BCUT2D eigenvalue weighted by Gasteiger charge is -2.33. The minimum atomic E-state index is -0.133. The SMILES string of the molecule is COc1cc(OC)cc(C(=O)N2CCC(C(=O)Nc3ccccc3N3CCOCC3)CC2)c1. The number of para-hydroxylation sites is 2. The number of hydrogen-bond acceptors (Lipinski definition) is 6. The van der Waals surface area contributed by atoms with E-state index < -0.39 is 0 Å². The predicted molar refractivity (Wildman–Crippen MR) is 126 cm³/mol. The number of piperidine rings is 1. The zero-order valence-electron chi connectivity index (χ0n) is 19.2. The predicted octanol–water partition coefficient (Wildman–Crippen LogP) is 3.03. The molecule has 2 fully saturated rings. The van der Waals surface area contributed by atoms with Gasteiger partial charge in [0, 0.05) is 43.7 Å². The van der Waals surface area contributed by atoms with Crippen molar-refractivity contribution >= 4 is 23.2 Å². The van der Waals surface area contributed by atoms with Gasteiger partial charge < -0.3 is 29.3 Å². The zero-order valence-corrected chi connectivity index (χ0v) is 19.2. The van der Waals surface area contributed by atoms with Crippen molar-refractivity contribution in [3.63, 3.8) is 0 Å². The Balaban J connectivity index is 1.37. The molecule has 0 radical (unpaired) electrons. The molecule has 33 heavy (non-hydrogen) atoms. The number of anilines is 2. The Morgan fingerprint density at radius 3 is 2.21 bits per heavy atom. The first kappa shape index (κ1) is 22.9. The van der Waals surface area contributed by atoms with Gasteiger partial charge in [-0.3, -0.25) is 9.59 Å². The standard InChI is InChI=1S/C25H31N3O5/c1-31-20-15-19(16-21(17-20)32-2)25(30)28-9-7-18(8-10-28)24(29)26-22-5-3-4-6-23(22)27-11-13-33-14-12-27/h3-6,15-18H,7-14H2,1-2H3,(H,26,29). The van der Waals surface area contributed by atoms with E-state index in [4.69, 9.17) is 14.2 Å². The van der Waals surface area contributed by atoms with Gasteiger partial charge in [0.25, 0.3) is 5.91 Å². The number of hydrogen-bond donors (Lipinski definition) is 1. The summed E-state index contributed by atoms with van der Waals surface area (Å²) in [7, 11) is 3.12. The summed E-state index contributed by atoms with van der Waals surface area (Å²) in [6.45, 7) is 4.05. The highest BCUT2D eigenvalue weighted by Crippen LogP contribution is 2.29. The Morgan fingerprint density at radius 1 is 0.939 bits per heavy atom. The molecule has 2 amide bonds. The summed E-state index contributed by atoms with van der Waals surface area (Å²) in [6, 6.07) is 13.1. The molecule has 8 heteroatoms. The first-order chi connectivity index (χ1) is 16.1. The van der Waals surface area contributed by atoms with Crippen molar-refractivity contribution in [3.05, 3.63) is 48.0 Å². The van der Waals surface area contributed by atoms with E-state index in [0.717, 1.165) is 24.5 Å². The number of rotatable bonds is 6. The van der Waals surface area contributed by atoms with Crippen molar-refractivity contribution in [3.8, 4) is 11.5 Å². The summed E-state index contributed by atoms with van der Waals surface area (Å²) < 4.78 is 16.0. The Kier molecular flexibility index (Phi) is 7.34. The van der Waals surface area contributed by atoms with Gasteiger partial charge in [-0.1, -0.05) is 12.1 Å². The van der Waals surface area contributed by atoms with Gasteiger partial charge >= 0.3 is 0 Å². The molecule has 2 aliphatic rings. The maximum absolute atomic E-state index is 13.0. The highest BCUT2D eigenvalue weighted by Gasteiger charge is 2.29.